The molecule has 2 aromatic carbocycles. The molecule has 0 fully saturated rings. The van der Waals surface area contributed by atoms with Gasteiger partial charge in [0.2, 0.25) is 0 Å². The first kappa shape index (κ1) is 13.4. The number of rotatable bonds is 5. The molecular formula is C16H13ClO2. The largest absolute Gasteiger partial charge is 0.488 e. The molecule has 96 valence electrons. The number of hydrogen-bond acceptors (Lipinski definition) is 2. The van der Waals surface area contributed by atoms with Crippen LogP contribution in [0.25, 0.3) is 6.08 Å². The number of para-hydroxylation sites is 1. The Morgan fingerprint density at radius 2 is 1.95 bits per heavy atom. The minimum atomic E-state index is 0.437. The number of halogens is 1. The monoisotopic (exact) mass is 272 g/mol. The van der Waals surface area contributed by atoms with Gasteiger partial charge in [0.1, 0.15) is 18.6 Å². The van der Waals surface area contributed by atoms with Gasteiger partial charge in [-0.05, 0) is 35.9 Å². The molecule has 0 amide bonds. The first-order chi connectivity index (χ1) is 9.29. The average molecular weight is 273 g/mol. The van der Waals surface area contributed by atoms with Gasteiger partial charge >= 0.3 is 0 Å². The minimum absolute atomic E-state index is 0.437. The van der Waals surface area contributed by atoms with E-state index in [1.807, 2.05) is 48.5 Å². The highest BCUT2D eigenvalue weighted by Gasteiger charge is 2.01. The predicted molar refractivity (Wildman–Crippen MR) is 77.3 cm³/mol. The molecule has 3 heteroatoms. The Morgan fingerprint density at radius 1 is 1.11 bits per heavy atom. The molecule has 0 radical (unpaired) electrons. The minimum Gasteiger partial charge on any atom is -0.488 e. The fourth-order valence-corrected chi connectivity index (χ4v) is 1.89. The molecule has 0 aliphatic carbocycles. The van der Waals surface area contributed by atoms with Crippen molar-refractivity contribution in [3.05, 3.63) is 70.8 Å². The lowest BCUT2D eigenvalue weighted by Crippen LogP contribution is -1.96. The molecular weight excluding hydrogens is 260 g/mol. The molecule has 0 unspecified atom stereocenters. The Hall–Kier alpha value is -2.06. The Kier molecular flexibility index (Phi) is 4.76. The van der Waals surface area contributed by atoms with Crippen molar-refractivity contribution in [2.75, 3.05) is 0 Å². The van der Waals surface area contributed by atoms with Crippen molar-refractivity contribution in [1.82, 2.24) is 0 Å². The quantitative estimate of drug-likeness (QED) is 0.604. The smallest absolute Gasteiger partial charge is 0.142 e. The summed E-state index contributed by atoms with van der Waals surface area (Å²) in [6.45, 7) is 0.437. The van der Waals surface area contributed by atoms with Crippen LogP contribution in [0, 0.1) is 0 Å². The molecule has 0 saturated heterocycles. The highest BCUT2D eigenvalue weighted by atomic mass is 35.5. The zero-order valence-electron chi connectivity index (χ0n) is 10.3. The van der Waals surface area contributed by atoms with E-state index in [-0.39, 0.29) is 0 Å². The zero-order valence-corrected chi connectivity index (χ0v) is 11.0. The normalized spacial score (nSPS) is 10.6. The van der Waals surface area contributed by atoms with Crippen LogP contribution in [-0.4, -0.2) is 6.29 Å². The van der Waals surface area contributed by atoms with Crippen LogP contribution in [0.4, 0.5) is 0 Å². The molecule has 0 aliphatic rings. The number of hydrogen-bond donors (Lipinski definition) is 0. The zero-order chi connectivity index (χ0) is 13.5. The first-order valence-electron chi connectivity index (χ1n) is 5.88. The molecule has 0 spiro atoms. The Balaban J connectivity index is 2.11. The van der Waals surface area contributed by atoms with E-state index in [9.17, 15) is 4.79 Å². The lowest BCUT2D eigenvalue weighted by molar-refractivity contribution is -0.104. The fraction of sp³-hybridized carbons (Fsp3) is 0.0625. The maximum atomic E-state index is 10.4. The van der Waals surface area contributed by atoms with E-state index in [4.69, 9.17) is 16.3 Å². The summed E-state index contributed by atoms with van der Waals surface area (Å²) in [6, 6.07) is 15.1. The second-order valence-electron chi connectivity index (χ2n) is 3.95. The van der Waals surface area contributed by atoms with Crippen molar-refractivity contribution in [2.45, 2.75) is 6.61 Å². The van der Waals surface area contributed by atoms with Gasteiger partial charge in [-0.25, -0.2) is 0 Å². The number of benzene rings is 2. The number of ether oxygens (including phenoxy) is 1. The van der Waals surface area contributed by atoms with E-state index in [1.54, 1.807) is 6.08 Å². The summed E-state index contributed by atoms with van der Waals surface area (Å²) in [5.74, 6) is 0.737. The molecule has 0 N–H and O–H groups in total. The third kappa shape index (κ3) is 3.97. The molecule has 0 aliphatic heterocycles. The van der Waals surface area contributed by atoms with Gasteiger partial charge in [-0.15, -0.1) is 0 Å². The van der Waals surface area contributed by atoms with Gasteiger partial charge in [0.15, 0.2) is 0 Å². The maximum Gasteiger partial charge on any atom is 0.142 e. The Labute approximate surface area is 117 Å². The van der Waals surface area contributed by atoms with Crippen LogP contribution in [0.15, 0.2) is 54.6 Å². The summed E-state index contributed by atoms with van der Waals surface area (Å²) >= 11 is 5.92. The highest BCUT2D eigenvalue weighted by molar-refractivity contribution is 6.30. The molecule has 19 heavy (non-hydrogen) atoms. The topological polar surface area (TPSA) is 26.3 Å². The van der Waals surface area contributed by atoms with E-state index < -0.39 is 0 Å². The van der Waals surface area contributed by atoms with Crippen LogP contribution in [0.5, 0.6) is 5.75 Å². The molecule has 0 saturated carbocycles. The van der Waals surface area contributed by atoms with Crippen molar-refractivity contribution in [1.29, 1.82) is 0 Å². The summed E-state index contributed by atoms with van der Waals surface area (Å²) < 4.78 is 5.75. The molecule has 2 nitrogen and oxygen atoms in total. The van der Waals surface area contributed by atoms with Crippen molar-refractivity contribution in [3.63, 3.8) is 0 Å². The van der Waals surface area contributed by atoms with Gasteiger partial charge < -0.3 is 4.74 Å². The maximum absolute atomic E-state index is 10.4. The number of aldehydes is 1. The van der Waals surface area contributed by atoms with Gasteiger partial charge in [-0.1, -0.05) is 41.9 Å². The number of allylic oxidation sites excluding steroid dienone is 1. The van der Waals surface area contributed by atoms with Crippen LogP contribution < -0.4 is 4.74 Å². The molecule has 0 heterocycles. The van der Waals surface area contributed by atoms with Crippen LogP contribution in [0.1, 0.15) is 11.1 Å². The average Bonchev–Trinajstić information content (AvgIpc) is 2.44. The second-order valence-corrected chi connectivity index (χ2v) is 4.39. The summed E-state index contributed by atoms with van der Waals surface area (Å²) in [4.78, 5) is 10.4. The summed E-state index contributed by atoms with van der Waals surface area (Å²) in [5.41, 5.74) is 1.87. The van der Waals surface area contributed by atoms with Gasteiger partial charge in [-0.3, -0.25) is 4.79 Å². The second kappa shape index (κ2) is 6.76. The molecule has 0 bridgehead atoms. The molecule has 2 rings (SSSR count). The fourth-order valence-electron chi connectivity index (χ4n) is 1.68. The van der Waals surface area contributed by atoms with E-state index in [0.717, 1.165) is 23.2 Å². The molecule has 2 aromatic rings. The third-order valence-electron chi connectivity index (χ3n) is 2.56. The lowest BCUT2D eigenvalue weighted by atomic mass is 10.2. The van der Waals surface area contributed by atoms with Gasteiger partial charge in [-0.2, -0.15) is 0 Å². The van der Waals surface area contributed by atoms with Crippen molar-refractivity contribution < 1.29 is 9.53 Å². The van der Waals surface area contributed by atoms with Crippen LogP contribution >= 0.6 is 11.6 Å². The van der Waals surface area contributed by atoms with E-state index in [0.29, 0.717) is 11.6 Å². The van der Waals surface area contributed by atoms with E-state index in [1.165, 1.54) is 6.08 Å². The Morgan fingerprint density at radius 3 is 2.74 bits per heavy atom. The summed E-state index contributed by atoms with van der Waals surface area (Å²) in [6.07, 6.45) is 3.91. The number of carbonyl (C=O) groups excluding carboxylic acids is 1. The standard InChI is InChI=1S/C16H13ClO2/c17-15-8-3-5-13(11-15)12-19-16-9-2-1-6-14(16)7-4-10-18/h1-11H,12H2/b7-4+. The third-order valence-corrected chi connectivity index (χ3v) is 2.79. The van der Waals surface area contributed by atoms with Crippen LogP contribution in [-0.2, 0) is 11.4 Å². The summed E-state index contributed by atoms with van der Waals surface area (Å²) in [5, 5.41) is 0.690. The van der Waals surface area contributed by atoms with Crippen molar-refractivity contribution in [3.8, 4) is 5.75 Å². The van der Waals surface area contributed by atoms with Gasteiger partial charge in [0.25, 0.3) is 0 Å². The molecule has 0 atom stereocenters. The predicted octanol–water partition coefficient (Wildman–Crippen LogP) is 4.13. The SMILES string of the molecule is O=C/C=C/c1ccccc1OCc1cccc(Cl)c1. The van der Waals surface area contributed by atoms with Crippen molar-refractivity contribution >= 4 is 24.0 Å². The number of carbonyl (C=O) groups is 1. The van der Waals surface area contributed by atoms with Gasteiger partial charge in [0, 0.05) is 10.6 Å². The highest BCUT2D eigenvalue weighted by Crippen LogP contribution is 2.21. The Bertz CT molecular complexity index is 591. The van der Waals surface area contributed by atoms with E-state index in [2.05, 4.69) is 0 Å². The van der Waals surface area contributed by atoms with Gasteiger partial charge in [0.05, 0.1) is 0 Å². The lowest BCUT2D eigenvalue weighted by Gasteiger charge is -2.09. The van der Waals surface area contributed by atoms with Crippen molar-refractivity contribution in [2.24, 2.45) is 0 Å². The van der Waals surface area contributed by atoms with E-state index >= 15 is 0 Å². The first-order valence-corrected chi connectivity index (χ1v) is 6.25. The van der Waals surface area contributed by atoms with Crippen LogP contribution in [0.2, 0.25) is 5.02 Å². The summed E-state index contributed by atoms with van der Waals surface area (Å²) in [7, 11) is 0. The molecule has 0 aromatic heterocycles. The van der Waals surface area contributed by atoms with Crippen LogP contribution in [0.3, 0.4) is 0 Å².